The Kier molecular flexibility index (Phi) is 5.40. The van der Waals surface area contributed by atoms with Crippen LogP contribution >= 0.6 is 11.6 Å². The SMILES string of the molecule is O=C(N/N=C\c1cn(Cc2ccc(F)cc2)c2ccccc12)c1ccccc1Cl. The van der Waals surface area contributed by atoms with Gasteiger partial charge in [0.1, 0.15) is 5.82 Å². The molecule has 0 spiro atoms. The van der Waals surface area contributed by atoms with Crippen molar-refractivity contribution >= 4 is 34.6 Å². The van der Waals surface area contributed by atoms with Gasteiger partial charge < -0.3 is 4.57 Å². The highest BCUT2D eigenvalue weighted by Gasteiger charge is 2.09. The molecule has 0 aliphatic rings. The molecular formula is C23H17ClFN3O. The van der Waals surface area contributed by atoms with Gasteiger partial charge in [0.05, 0.1) is 16.8 Å². The average molecular weight is 406 g/mol. The number of hydrogen-bond donors (Lipinski definition) is 1. The third kappa shape index (κ3) is 4.20. The molecule has 6 heteroatoms. The van der Waals surface area contributed by atoms with Gasteiger partial charge in [0.15, 0.2) is 0 Å². The zero-order valence-corrected chi connectivity index (χ0v) is 16.1. The molecule has 0 radical (unpaired) electrons. The number of para-hydroxylation sites is 1. The molecule has 0 saturated heterocycles. The predicted octanol–water partition coefficient (Wildman–Crippen LogP) is 5.25. The van der Waals surface area contributed by atoms with E-state index in [0.29, 0.717) is 17.1 Å². The summed E-state index contributed by atoms with van der Waals surface area (Å²) in [6.45, 7) is 0.598. The molecular weight excluding hydrogens is 389 g/mol. The quantitative estimate of drug-likeness (QED) is 0.358. The minimum Gasteiger partial charge on any atom is -0.342 e. The lowest BCUT2D eigenvalue weighted by molar-refractivity contribution is 0.0955. The normalized spacial score (nSPS) is 11.2. The number of hydrazone groups is 1. The lowest BCUT2D eigenvalue weighted by Gasteiger charge is -2.05. The van der Waals surface area contributed by atoms with E-state index in [0.717, 1.165) is 22.0 Å². The van der Waals surface area contributed by atoms with Crippen molar-refractivity contribution in [3.8, 4) is 0 Å². The summed E-state index contributed by atoms with van der Waals surface area (Å²) in [4.78, 5) is 12.2. The van der Waals surface area contributed by atoms with E-state index in [9.17, 15) is 9.18 Å². The molecule has 0 unspecified atom stereocenters. The van der Waals surface area contributed by atoms with Crippen LogP contribution in [0.5, 0.6) is 0 Å². The lowest BCUT2D eigenvalue weighted by Crippen LogP contribution is -2.17. The van der Waals surface area contributed by atoms with Crippen molar-refractivity contribution in [3.05, 3.63) is 107 Å². The number of fused-ring (bicyclic) bond motifs is 1. The molecule has 0 fully saturated rings. The summed E-state index contributed by atoms with van der Waals surface area (Å²) in [6, 6.07) is 21.2. The number of nitrogens with one attached hydrogen (secondary N) is 1. The number of rotatable bonds is 5. The van der Waals surface area contributed by atoms with E-state index in [1.54, 1.807) is 42.6 Å². The fourth-order valence-electron chi connectivity index (χ4n) is 3.16. The highest BCUT2D eigenvalue weighted by atomic mass is 35.5. The molecule has 0 atom stereocenters. The van der Waals surface area contributed by atoms with E-state index in [4.69, 9.17) is 11.6 Å². The Balaban J connectivity index is 1.57. The third-order valence-corrected chi connectivity index (χ3v) is 4.90. The van der Waals surface area contributed by atoms with Crippen molar-refractivity contribution in [2.75, 3.05) is 0 Å². The van der Waals surface area contributed by atoms with Crippen LogP contribution in [-0.4, -0.2) is 16.7 Å². The zero-order valence-electron chi connectivity index (χ0n) is 15.3. The number of benzene rings is 3. The predicted molar refractivity (Wildman–Crippen MR) is 114 cm³/mol. The van der Waals surface area contributed by atoms with Gasteiger partial charge in [-0.3, -0.25) is 4.79 Å². The van der Waals surface area contributed by atoms with Crippen LogP contribution < -0.4 is 5.43 Å². The third-order valence-electron chi connectivity index (χ3n) is 4.57. The van der Waals surface area contributed by atoms with Gasteiger partial charge in [-0.2, -0.15) is 5.10 Å². The molecule has 0 bridgehead atoms. The number of carbonyl (C=O) groups excluding carboxylic acids is 1. The number of halogens is 2. The number of hydrogen-bond acceptors (Lipinski definition) is 2. The summed E-state index contributed by atoms with van der Waals surface area (Å²) in [5, 5.41) is 5.47. The summed E-state index contributed by atoms with van der Waals surface area (Å²) in [5.41, 5.74) is 5.75. The average Bonchev–Trinajstić information content (AvgIpc) is 3.08. The van der Waals surface area contributed by atoms with E-state index in [-0.39, 0.29) is 11.7 Å². The maximum atomic E-state index is 13.2. The van der Waals surface area contributed by atoms with Crippen molar-refractivity contribution in [1.29, 1.82) is 0 Å². The molecule has 3 aromatic carbocycles. The minimum atomic E-state index is -0.373. The molecule has 0 aliphatic carbocycles. The lowest BCUT2D eigenvalue weighted by atomic mass is 10.2. The smallest absolute Gasteiger partial charge is 0.272 e. The first-order chi connectivity index (χ1) is 14.1. The van der Waals surface area contributed by atoms with Gasteiger partial charge in [-0.1, -0.05) is 54.1 Å². The second kappa shape index (κ2) is 8.29. The van der Waals surface area contributed by atoms with E-state index in [1.165, 1.54) is 12.1 Å². The molecule has 1 aromatic heterocycles. The van der Waals surface area contributed by atoms with Gasteiger partial charge in [-0.05, 0) is 35.9 Å². The monoisotopic (exact) mass is 405 g/mol. The summed E-state index contributed by atoms with van der Waals surface area (Å²) in [6.07, 6.45) is 3.57. The Morgan fingerprint density at radius 2 is 1.76 bits per heavy atom. The van der Waals surface area contributed by atoms with Gasteiger partial charge >= 0.3 is 0 Å². The molecule has 4 aromatic rings. The van der Waals surface area contributed by atoms with Gasteiger partial charge in [-0.15, -0.1) is 0 Å². The Morgan fingerprint density at radius 3 is 2.55 bits per heavy atom. The molecule has 1 heterocycles. The van der Waals surface area contributed by atoms with Crippen LogP contribution in [-0.2, 0) is 6.54 Å². The highest BCUT2D eigenvalue weighted by molar-refractivity contribution is 6.33. The van der Waals surface area contributed by atoms with E-state index >= 15 is 0 Å². The van der Waals surface area contributed by atoms with Crippen molar-refractivity contribution in [2.24, 2.45) is 5.10 Å². The maximum Gasteiger partial charge on any atom is 0.272 e. The molecule has 144 valence electrons. The number of nitrogens with zero attached hydrogens (tertiary/aromatic N) is 2. The molecule has 4 nitrogen and oxygen atoms in total. The molecule has 0 aliphatic heterocycles. The maximum absolute atomic E-state index is 13.2. The van der Waals surface area contributed by atoms with E-state index in [1.807, 2.05) is 30.5 Å². The summed E-state index contributed by atoms with van der Waals surface area (Å²) in [5.74, 6) is -0.630. The zero-order chi connectivity index (χ0) is 20.2. The summed E-state index contributed by atoms with van der Waals surface area (Å²) < 4.78 is 15.2. The standard InChI is InChI=1S/C23H17ClFN3O/c24-21-7-3-1-6-20(21)23(29)27-26-13-17-15-28(22-8-4-2-5-19(17)22)14-16-9-11-18(25)12-10-16/h1-13,15H,14H2,(H,27,29)/b26-13-. The van der Waals surface area contributed by atoms with Crippen LogP contribution in [0.1, 0.15) is 21.5 Å². The van der Waals surface area contributed by atoms with Crippen molar-refractivity contribution in [3.63, 3.8) is 0 Å². The van der Waals surface area contributed by atoms with Crippen molar-refractivity contribution in [2.45, 2.75) is 6.54 Å². The summed E-state index contributed by atoms with van der Waals surface area (Å²) in [7, 11) is 0. The molecule has 4 rings (SSSR count). The van der Waals surface area contributed by atoms with Crippen molar-refractivity contribution in [1.82, 2.24) is 9.99 Å². The Labute approximate surface area is 172 Å². The van der Waals surface area contributed by atoms with Gasteiger partial charge in [0, 0.05) is 29.2 Å². The first-order valence-corrected chi connectivity index (χ1v) is 9.40. The number of carbonyl (C=O) groups is 1. The van der Waals surface area contributed by atoms with Crippen LogP contribution in [0.25, 0.3) is 10.9 Å². The Morgan fingerprint density at radius 1 is 1.03 bits per heavy atom. The first-order valence-electron chi connectivity index (χ1n) is 9.02. The van der Waals surface area contributed by atoms with Crippen LogP contribution in [0, 0.1) is 5.82 Å². The van der Waals surface area contributed by atoms with Crippen LogP contribution in [0.3, 0.4) is 0 Å². The van der Waals surface area contributed by atoms with Crippen LogP contribution in [0.2, 0.25) is 5.02 Å². The van der Waals surface area contributed by atoms with Gasteiger partial charge in [-0.25, -0.2) is 9.82 Å². The number of aromatic nitrogens is 1. The van der Waals surface area contributed by atoms with E-state index < -0.39 is 0 Å². The molecule has 1 N–H and O–H groups in total. The minimum absolute atomic E-state index is 0.256. The second-order valence-corrected chi connectivity index (χ2v) is 6.94. The second-order valence-electron chi connectivity index (χ2n) is 6.53. The Hall–Kier alpha value is -3.44. The van der Waals surface area contributed by atoms with Gasteiger partial charge in [0.25, 0.3) is 5.91 Å². The first kappa shape index (κ1) is 18.9. The molecule has 0 saturated carbocycles. The highest BCUT2D eigenvalue weighted by Crippen LogP contribution is 2.21. The van der Waals surface area contributed by atoms with Crippen molar-refractivity contribution < 1.29 is 9.18 Å². The van der Waals surface area contributed by atoms with Crippen LogP contribution in [0.15, 0.2) is 84.1 Å². The van der Waals surface area contributed by atoms with Crippen LogP contribution in [0.4, 0.5) is 4.39 Å². The Bertz CT molecular complexity index is 1200. The summed E-state index contributed by atoms with van der Waals surface area (Å²) >= 11 is 6.04. The van der Waals surface area contributed by atoms with E-state index in [2.05, 4.69) is 15.1 Å². The largest absolute Gasteiger partial charge is 0.342 e. The fraction of sp³-hybridized carbons (Fsp3) is 0.0435. The number of amides is 1. The topological polar surface area (TPSA) is 46.4 Å². The fourth-order valence-corrected chi connectivity index (χ4v) is 3.38. The molecule has 1 amide bonds. The van der Waals surface area contributed by atoms with Gasteiger partial charge in [0.2, 0.25) is 0 Å². The molecule has 29 heavy (non-hydrogen) atoms.